The van der Waals surface area contributed by atoms with Gasteiger partial charge in [-0.3, -0.25) is 0 Å². The minimum Gasteiger partial charge on any atom is -0.357 e. The number of nitrogens with zero attached hydrogens (tertiary/aromatic N) is 2. The Balaban J connectivity index is 2.36. The molecule has 1 heterocycles. The van der Waals surface area contributed by atoms with Crippen molar-refractivity contribution < 1.29 is 0 Å². The van der Waals surface area contributed by atoms with Crippen LogP contribution in [-0.4, -0.2) is 17.0 Å². The molecule has 4 nitrogen and oxygen atoms in total. The average molecular weight is 318 g/mol. The van der Waals surface area contributed by atoms with E-state index < -0.39 is 0 Å². The average Bonchev–Trinajstić information content (AvgIpc) is 2.35. The lowest BCUT2D eigenvalue weighted by Gasteiger charge is -2.10. The molecule has 0 radical (unpaired) electrons. The molecule has 0 amide bonds. The second-order valence-electron chi connectivity index (χ2n) is 3.84. The van der Waals surface area contributed by atoms with E-state index in [2.05, 4.69) is 20.6 Å². The fraction of sp³-hybridized carbons (Fsp3) is 0.167. The Hall–Kier alpha value is -1.23. The Morgan fingerprint density at radius 1 is 0.947 bits per heavy atom. The Kier molecular flexibility index (Phi) is 4.34. The van der Waals surface area contributed by atoms with Gasteiger partial charge in [-0.1, -0.05) is 34.8 Å². The summed E-state index contributed by atoms with van der Waals surface area (Å²) in [6.07, 6.45) is 0. The van der Waals surface area contributed by atoms with Crippen molar-refractivity contribution >= 4 is 52.3 Å². The summed E-state index contributed by atoms with van der Waals surface area (Å²) in [5.41, 5.74) is 1.47. The van der Waals surface area contributed by atoms with Crippen LogP contribution in [0.15, 0.2) is 18.2 Å². The summed E-state index contributed by atoms with van der Waals surface area (Å²) in [7, 11) is 1.75. The number of anilines is 3. The standard InChI is InChI=1S/C12H11Cl3N4/c1-6-3-11(19-12(16-2)17-6)18-10-5-8(14)7(13)4-9(10)15/h3-5H,1-2H3,(H2,16,17,18,19). The van der Waals surface area contributed by atoms with E-state index in [9.17, 15) is 0 Å². The molecule has 1 aromatic heterocycles. The first-order chi connectivity index (χ1) is 8.99. The summed E-state index contributed by atoms with van der Waals surface area (Å²) < 4.78 is 0. The molecule has 1 aromatic carbocycles. The van der Waals surface area contributed by atoms with E-state index in [0.717, 1.165) is 5.69 Å². The highest BCUT2D eigenvalue weighted by atomic mass is 35.5. The molecular weight excluding hydrogens is 307 g/mol. The number of halogens is 3. The fourth-order valence-corrected chi connectivity index (χ4v) is 2.09. The summed E-state index contributed by atoms with van der Waals surface area (Å²) in [5.74, 6) is 1.15. The number of rotatable bonds is 3. The zero-order chi connectivity index (χ0) is 14.0. The van der Waals surface area contributed by atoms with Crippen LogP contribution >= 0.6 is 34.8 Å². The van der Waals surface area contributed by atoms with E-state index in [0.29, 0.717) is 32.5 Å². The highest BCUT2D eigenvalue weighted by Gasteiger charge is 2.08. The number of hydrogen-bond donors (Lipinski definition) is 2. The van der Waals surface area contributed by atoms with Crippen molar-refractivity contribution in [3.8, 4) is 0 Å². The number of hydrogen-bond acceptors (Lipinski definition) is 4. The zero-order valence-electron chi connectivity index (χ0n) is 10.3. The molecule has 0 atom stereocenters. The first-order valence-electron chi connectivity index (χ1n) is 5.44. The van der Waals surface area contributed by atoms with Crippen LogP contribution in [0.3, 0.4) is 0 Å². The minimum absolute atomic E-state index is 0.409. The van der Waals surface area contributed by atoms with Crippen molar-refractivity contribution in [3.63, 3.8) is 0 Å². The van der Waals surface area contributed by atoms with E-state index in [4.69, 9.17) is 34.8 Å². The lowest BCUT2D eigenvalue weighted by Crippen LogP contribution is -2.02. The van der Waals surface area contributed by atoms with Gasteiger partial charge in [-0.2, -0.15) is 4.98 Å². The molecule has 0 unspecified atom stereocenters. The molecule has 0 bridgehead atoms. The first-order valence-corrected chi connectivity index (χ1v) is 6.58. The molecule has 0 saturated carbocycles. The lowest BCUT2D eigenvalue weighted by atomic mass is 10.3. The molecule has 0 fully saturated rings. The van der Waals surface area contributed by atoms with E-state index in [1.54, 1.807) is 25.2 Å². The number of nitrogens with one attached hydrogen (secondary N) is 2. The normalized spacial score (nSPS) is 10.4. The largest absolute Gasteiger partial charge is 0.357 e. The Labute approximate surface area is 126 Å². The number of benzene rings is 1. The lowest BCUT2D eigenvalue weighted by molar-refractivity contribution is 1.10. The molecule has 2 N–H and O–H groups in total. The van der Waals surface area contributed by atoms with Crippen LogP contribution < -0.4 is 10.6 Å². The summed E-state index contributed by atoms with van der Waals surface area (Å²) in [6, 6.07) is 5.04. The van der Waals surface area contributed by atoms with Gasteiger partial charge in [0.2, 0.25) is 5.95 Å². The van der Waals surface area contributed by atoms with Crippen molar-refractivity contribution in [1.82, 2.24) is 9.97 Å². The molecule has 2 rings (SSSR count). The summed E-state index contributed by atoms with van der Waals surface area (Å²) in [5, 5.41) is 7.28. The smallest absolute Gasteiger partial charge is 0.224 e. The predicted octanol–water partition coefficient (Wildman–Crippen LogP) is 4.53. The van der Waals surface area contributed by atoms with Crippen LogP contribution in [0.5, 0.6) is 0 Å². The fourth-order valence-electron chi connectivity index (χ4n) is 1.50. The van der Waals surface area contributed by atoms with E-state index in [-0.39, 0.29) is 0 Å². The van der Waals surface area contributed by atoms with E-state index >= 15 is 0 Å². The van der Waals surface area contributed by atoms with Crippen LogP contribution in [0, 0.1) is 6.92 Å². The van der Waals surface area contributed by atoms with Gasteiger partial charge in [0.05, 0.1) is 20.8 Å². The number of aryl methyl sites for hydroxylation is 1. The molecule has 0 spiro atoms. The Bertz CT molecular complexity index is 616. The second kappa shape index (κ2) is 5.82. The van der Waals surface area contributed by atoms with Crippen LogP contribution in [0.1, 0.15) is 5.69 Å². The molecule has 0 saturated heterocycles. The predicted molar refractivity (Wildman–Crippen MR) is 81.1 cm³/mol. The van der Waals surface area contributed by atoms with Gasteiger partial charge in [0, 0.05) is 18.8 Å². The van der Waals surface area contributed by atoms with E-state index in [1.165, 1.54) is 0 Å². The van der Waals surface area contributed by atoms with Gasteiger partial charge in [-0.15, -0.1) is 0 Å². The molecular formula is C12H11Cl3N4. The topological polar surface area (TPSA) is 49.8 Å². The maximum atomic E-state index is 6.10. The second-order valence-corrected chi connectivity index (χ2v) is 5.06. The minimum atomic E-state index is 0.409. The van der Waals surface area contributed by atoms with Crippen LogP contribution in [0.2, 0.25) is 15.1 Å². The van der Waals surface area contributed by atoms with E-state index in [1.807, 2.05) is 6.92 Å². The maximum Gasteiger partial charge on any atom is 0.224 e. The van der Waals surface area contributed by atoms with Gasteiger partial charge in [0.1, 0.15) is 5.82 Å². The summed E-state index contributed by atoms with van der Waals surface area (Å²) >= 11 is 17.9. The number of aromatic nitrogens is 2. The third kappa shape index (κ3) is 3.41. The van der Waals surface area contributed by atoms with Gasteiger partial charge in [0.15, 0.2) is 0 Å². The zero-order valence-corrected chi connectivity index (χ0v) is 12.5. The quantitative estimate of drug-likeness (QED) is 0.817. The van der Waals surface area contributed by atoms with Crippen molar-refractivity contribution in [2.24, 2.45) is 0 Å². The Morgan fingerprint density at radius 2 is 1.63 bits per heavy atom. The van der Waals surface area contributed by atoms with Crippen molar-refractivity contribution in [3.05, 3.63) is 39.0 Å². The van der Waals surface area contributed by atoms with Gasteiger partial charge in [-0.25, -0.2) is 4.98 Å². The van der Waals surface area contributed by atoms with Gasteiger partial charge in [-0.05, 0) is 19.1 Å². The molecule has 2 aromatic rings. The van der Waals surface area contributed by atoms with Crippen LogP contribution in [0.25, 0.3) is 0 Å². The maximum absolute atomic E-state index is 6.10. The van der Waals surface area contributed by atoms with Gasteiger partial charge in [0.25, 0.3) is 0 Å². The molecule has 0 aliphatic carbocycles. The summed E-state index contributed by atoms with van der Waals surface area (Å²) in [4.78, 5) is 8.48. The third-order valence-corrected chi connectivity index (χ3v) is 3.39. The first kappa shape index (κ1) is 14.2. The van der Waals surface area contributed by atoms with Crippen LogP contribution in [0.4, 0.5) is 17.5 Å². The van der Waals surface area contributed by atoms with Gasteiger partial charge < -0.3 is 10.6 Å². The van der Waals surface area contributed by atoms with Crippen LogP contribution in [-0.2, 0) is 0 Å². The highest BCUT2D eigenvalue weighted by molar-refractivity contribution is 6.44. The molecule has 0 aliphatic rings. The molecule has 100 valence electrons. The Morgan fingerprint density at radius 3 is 2.32 bits per heavy atom. The molecule has 0 aliphatic heterocycles. The molecule has 19 heavy (non-hydrogen) atoms. The third-order valence-electron chi connectivity index (χ3n) is 2.35. The highest BCUT2D eigenvalue weighted by Crippen LogP contribution is 2.33. The molecule has 7 heteroatoms. The summed E-state index contributed by atoms with van der Waals surface area (Å²) in [6.45, 7) is 1.88. The van der Waals surface area contributed by atoms with Gasteiger partial charge >= 0.3 is 0 Å². The monoisotopic (exact) mass is 316 g/mol. The van der Waals surface area contributed by atoms with Crippen molar-refractivity contribution in [2.75, 3.05) is 17.7 Å². The SMILES string of the molecule is CNc1nc(C)cc(Nc2cc(Cl)c(Cl)cc2Cl)n1. The van der Waals surface area contributed by atoms with Crippen molar-refractivity contribution in [2.45, 2.75) is 6.92 Å². The van der Waals surface area contributed by atoms with Crippen molar-refractivity contribution in [1.29, 1.82) is 0 Å².